The Bertz CT molecular complexity index is 537. The van der Waals surface area contributed by atoms with E-state index in [0.29, 0.717) is 15.1 Å². The number of methoxy groups -OCH3 is 2. The zero-order valence-corrected chi connectivity index (χ0v) is 14.3. The smallest absolute Gasteiger partial charge is 0.351 e. The molecule has 0 amide bonds. The minimum absolute atomic E-state index is 0.239. The van der Waals surface area contributed by atoms with Gasteiger partial charge in [-0.15, -0.1) is 11.3 Å². The molecule has 110 valence electrons. The Morgan fingerprint density at radius 1 is 1.45 bits per heavy atom. The lowest BCUT2D eigenvalue weighted by atomic mass is 9.97. The van der Waals surface area contributed by atoms with Crippen molar-refractivity contribution in [2.75, 3.05) is 14.2 Å². The van der Waals surface area contributed by atoms with E-state index in [1.807, 2.05) is 0 Å². The number of thiophene rings is 1. The molecule has 1 rings (SSSR count). The van der Waals surface area contributed by atoms with Gasteiger partial charge >= 0.3 is 5.97 Å². The summed E-state index contributed by atoms with van der Waals surface area (Å²) in [6.07, 6.45) is 3.57. The van der Waals surface area contributed by atoms with Gasteiger partial charge in [0.1, 0.15) is 0 Å². The maximum absolute atomic E-state index is 11.8. The molecule has 0 aliphatic carbocycles. The van der Waals surface area contributed by atoms with E-state index in [2.05, 4.69) is 29.8 Å². The van der Waals surface area contributed by atoms with Crippen molar-refractivity contribution in [1.29, 1.82) is 0 Å². The highest BCUT2D eigenvalue weighted by atomic mass is 79.9. The average molecular weight is 359 g/mol. The van der Waals surface area contributed by atoms with Crippen LogP contribution in [0, 0.1) is 5.92 Å². The predicted octanol–water partition coefficient (Wildman–Crippen LogP) is 4.38. The number of allylic oxidation sites excluding steroid dienone is 2. The molecule has 1 heterocycles. The highest BCUT2D eigenvalue weighted by Crippen LogP contribution is 2.45. The first-order valence-electron chi connectivity index (χ1n) is 6.14. The van der Waals surface area contributed by atoms with Crippen LogP contribution < -0.4 is 4.74 Å². The number of hydrogen-bond acceptors (Lipinski definition) is 4. The molecule has 4 nitrogen and oxygen atoms in total. The predicted molar refractivity (Wildman–Crippen MR) is 86.8 cm³/mol. The topological polar surface area (TPSA) is 57.8 Å². The van der Waals surface area contributed by atoms with Crippen LogP contribution in [0.2, 0.25) is 0 Å². The third kappa shape index (κ3) is 3.30. The molecular formula is C14H17BrNO3S-. The lowest BCUT2D eigenvalue weighted by Crippen LogP contribution is -2.00. The van der Waals surface area contributed by atoms with Crippen LogP contribution in [-0.2, 0) is 4.74 Å². The van der Waals surface area contributed by atoms with E-state index in [-0.39, 0.29) is 5.92 Å². The van der Waals surface area contributed by atoms with E-state index in [9.17, 15) is 4.79 Å². The van der Waals surface area contributed by atoms with Gasteiger partial charge in [-0.3, -0.25) is 0 Å². The van der Waals surface area contributed by atoms with Gasteiger partial charge in [0.25, 0.3) is 0 Å². The molecule has 0 aliphatic heterocycles. The molecule has 0 saturated carbocycles. The molecule has 0 aromatic carbocycles. The summed E-state index contributed by atoms with van der Waals surface area (Å²) in [5.41, 5.74) is 0.945. The summed E-state index contributed by atoms with van der Waals surface area (Å²) >= 11 is 4.76. The largest absolute Gasteiger partial charge is 0.811 e. The van der Waals surface area contributed by atoms with Gasteiger partial charge < -0.3 is 14.9 Å². The van der Waals surface area contributed by atoms with Gasteiger partial charge in [0.2, 0.25) is 0 Å². The van der Waals surface area contributed by atoms with Crippen molar-refractivity contribution in [3.63, 3.8) is 0 Å². The first-order valence-corrected chi connectivity index (χ1v) is 7.75. The van der Waals surface area contributed by atoms with E-state index >= 15 is 0 Å². The number of esters is 1. The fraction of sp³-hybridized carbons (Fsp3) is 0.429. The van der Waals surface area contributed by atoms with Crippen molar-refractivity contribution in [3.8, 4) is 5.75 Å². The number of rotatable bonds is 6. The van der Waals surface area contributed by atoms with Gasteiger partial charge in [-0.1, -0.05) is 19.9 Å². The maximum Gasteiger partial charge on any atom is 0.351 e. The van der Waals surface area contributed by atoms with E-state index < -0.39 is 5.97 Å². The molecule has 0 N–H and O–H groups in total. The number of halogens is 1. The molecule has 1 aromatic heterocycles. The number of carbonyl (C=O) groups is 1. The van der Waals surface area contributed by atoms with Crippen LogP contribution in [0.3, 0.4) is 0 Å². The molecular weight excluding hydrogens is 342 g/mol. The summed E-state index contributed by atoms with van der Waals surface area (Å²) in [6.45, 7) is 4.13. The third-order valence-electron chi connectivity index (χ3n) is 3.04. The van der Waals surface area contributed by atoms with Gasteiger partial charge in [0.15, 0.2) is 10.6 Å². The van der Waals surface area contributed by atoms with Crippen LogP contribution in [0.15, 0.2) is 10.5 Å². The minimum Gasteiger partial charge on any atom is -0.811 e. The van der Waals surface area contributed by atoms with Crippen molar-refractivity contribution in [2.45, 2.75) is 20.3 Å². The van der Waals surface area contributed by atoms with E-state index in [1.165, 1.54) is 25.6 Å². The fourth-order valence-corrected chi connectivity index (χ4v) is 3.94. The van der Waals surface area contributed by atoms with Crippen LogP contribution in [0.5, 0.6) is 5.75 Å². The molecule has 20 heavy (non-hydrogen) atoms. The lowest BCUT2D eigenvalue weighted by Gasteiger charge is -2.13. The van der Waals surface area contributed by atoms with Crippen LogP contribution in [0.1, 0.15) is 34.8 Å². The maximum atomic E-state index is 11.8. The number of nitrogens with zero attached hydrogens (tertiary/aromatic N) is 1. The molecule has 0 aliphatic rings. The number of hydrogen-bond donors (Lipinski definition) is 0. The van der Waals surface area contributed by atoms with Crippen molar-refractivity contribution in [3.05, 3.63) is 25.7 Å². The van der Waals surface area contributed by atoms with Gasteiger partial charge in [-0.25, -0.2) is 4.79 Å². The van der Waals surface area contributed by atoms with E-state index in [1.54, 1.807) is 6.08 Å². The Morgan fingerprint density at radius 3 is 2.55 bits per heavy atom. The molecule has 1 aromatic rings. The standard InChI is InChI=1S/C14H17BrNO3S/c1-5-8(2)9(6-7-16)12-10(15)11(18-3)13(20-12)14(17)19-4/h6-8H,5H2,1-4H3/q-1/b9-6+. The second kappa shape index (κ2) is 7.59. The lowest BCUT2D eigenvalue weighted by molar-refractivity contribution is 0.0603. The highest BCUT2D eigenvalue weighted by Gasteiger charge is 2.25. The monoisotopic (exact) mass is 358 g/mol. The summed E-state index contributed by atoms with van der Waals surface area (Å²) in [5, 5.41) is 9.09. The Morgan fingerprint density at radius 2 is 2.10 bits per heavy atom. The van der Waals surface area contributed by atoms with Crippen molar-refractivity contribution in [1.82, 2.24) is 0 Å². The molecule has 6 heteroatoms. The van der Waals surface area contributed by atoms with E-state index in [4.69, 9.17) is 14.9 Å². The van der Waals surface area contributed by atoms with Crippen LogP contribution in [-0.4, -0.2) is 26.4 Å². The minimum atomic E-state index is -0.435. The van der Waals surface area contributed by atoms with Crippen LogP contribution >= 0.6 is 27.3 Å². The Kier molecular flexibility index (Phi) is 6.42. The van der Waals surface area contributed by atoms with Crippen molar-refractivity contribution in [2.24, 2.45) is 5.92 Å². The van der Waals surface area contributed by atoms with Crippen LogP contribution in [0.4, 0.5) is 0 Å². The fourth-order valence-electron chi connectivity index (χ4n) is 1.75. The molecule has 0 bridgehead atoms. The van der Waals surface area contributed by atoms with Gasteiger partial charge in [0.05, 0.1) is 18.7 Å². The summed E-state index contributed by atoms with van der Waals surface area (Å²) in [5.74, 6) is 0.267. The number of ether oxygens (including phenoxy) is 2. The number of carbonyl (C=O) groups excluding carboxylic acids is 1. The molecule has 0 spiro atoms. The molecule has 1 atom stereocenters. The second-order valence-electron chi connectivity index (χ2n) is 4.18. The molecule has 0 fully saturated rings. The SMILES string of the molecule is CCC(C)/C(=C\C=[N-])c1sc(C(=O)OC)c(OC)c1Br. The third-order valence-corrected chi connectivity index (χ3v) is 5.26. The summed E-state index contributed by atoms with van der Waals surface area (Å²) in [7, 11) is 2.84. The zero-order chi connectivity index (χ0) is 15.3. The molecule has 0 saturated heterocycles. The van der Waals surface area contributed by atoms with Gasteiger partial charge in [-0.2, -0.15) is 6.21 Å². The van der Waals surface area contributed by atoms with Gasteiger partial charge in [-0.05, 0) is 33.8 Å². The summed E-state index contributed by atoms with van der Waals surface area (Å²) < 4.78 is 10.8. The molecule has 0 radical (unpaired) electrons. The van der Waals surface area contributed by atoms with E-state index in [0.717, 1.165) is 23.1 Å². The first kappa shape index (κ1) is 16.9. The molecule has 1 unspecified atom stereocenters. The van der Waals surface area contributed by atoms with Crippen molar-refractivity contribution >= 4 is 45.0 Å². The Labute approximate surface area is 131 Å². The Balaban J connectivity index is 3.44. The quantitative estimate of drug-likeness (QED) is 0.560. The second-order valence-corrected chi connectivity index (χ2v) is 5.99. The Hall–Kier alpha value is -1.14. The summed E-state index contributed by atoms with van der Waals surface area (Å²) in [4.78, 5) is 13.1. The van der Waals surface area contributed by atoms with Crippen LogP contribution in [0.25, 0.3) is 11.0 Å². The average Bonchev–Trinajstić information content (AvgIpc) is 2.79. The van der Waals surface area contributed by atoms with Crippen molar-refractivity contribution < 1.29 is 14.3 Å². The van der Waals surface area contributed by atoms with Gasteiger partial charge in [0, 0.05) is 4.88 Å². The first-order chi connectivity index (χ1) is 9.51. The summed E-state index contributed by atoms with van der Waals surface area (Å²) in [6, 6.07) is 0. The zero-order valence-electron chi connectivity index (χ0n) is 11.9. The normalized spacial score (nSPS) is 12.9. The highest BCUT2D eigenvalue weighted by molar-refractivity contribution is 9.10.